The van der Waals surface area contributed by atoms with E-state index in [4.69, 9.17) is 0 Å². The summed E-state index contributed by atoms with van der Waals surface area (Å²) in [5.41, 5.74) is 3.65. The third kappa shape index (κ3) is 5.88. The number of nitrogens with one attached hydrogen (secondary N) is 1. The third-order valence-corrected chi connectivity index (χ3v) is 11.0. The molecule has 0 fully saturated rings. The Bertz CT molecular complexity index is 891. The van der Waals surface area contributed by atoms with Crippen LogP contribution in [0.4, 0.5) is 0 Å². The molecule has 0 aliphatic heterocycles. The number of aliphatic hydroxyl groups excluding tert-OH is 1. The Hall–Kier alpha value is -1.95. The summed E-state index contributed by atoms with van der Waals surface area (Å²) in [5.74, 6) is 0.155. The zero-order chi connectivity index (χ0) is 23.4. The van der Waals surface area contributed by atoms with E-state index in [1.807, 2.05) is 37.4 Å². The lowest BCUT2D eigenvalue weighted by Crippen LogP contribution is -2.42. The van der Waals surface area contributed by atoms with Gasteiger partial charge in [-0.25, -0.2) is 0 Å². The largest absolute Gasteiger partial charge is 0.432 e. The molecule has 0 saturated carbocycles. The van der Waals surface area contributed by atoms with Gasteiger partial charge in [-0.15, -0.1) is 0 Å². The van der Waals surface area contributed by atoms with E-state index in [-0.39, 0.29) is 35.4 Å². The molecular formula is C27H39NO3Si. The van der Waals surface area contributed by atoms with Crippen LogP contribution in [0.15, 0.2) is 54.6 Å². The monoisotopic (exact) mass is 453 g/mol. The number of hydrogen-bond acceptors (Lipinski definition) is 3. The highest BCUT2D eigenvalue weighted by Gasteiger charge is 2.44. The standard InChI is InChI=1S/C27H39NO3Si/c1-27(2,32(3,4)31)19-23-18-21-13-8-9-15-24(21)25(23)28-26(30)22(14-10-16-29)17-20-11-6-5-7-12-20/h5-9,11-13,15,22-23,25,29,31H,10,14,16-19H2,1-4H3,(H,28,30)/t22-,23-,25+/m0/s1. The maximum Gasteiger partial charge on any atom is 0.223 e. The summed E-state index contributed by atoms with van der Waals surface area (Å²) in [5, 5.41) is 12.6. The lowest BCUT2D eigenvalue weighted by atomic mass is 9.88. The van der Waals surface area contributed by atoms with Crippen LogP contribution < -0.4 is 5.32 Å². The minimum Gasteiger partial charge on any atom is -0.432 e. The summed E-state index contributed by atoms with van der Waals surface area (Å²) in [7, 11) is -2.36. The van der Waals surface area contributed by atoms with Crippen molar-refractivity contribution in [2.75, 3.05) is 6.61 Å². The van der Waals surface area contributed by atoms with Gasteiger partial charge in [-0.2, -0.15) is 0 Å². The van der Waals surface area contributed by atoms with Gasteiger partial charge in [-0.1, -0.05) is 68.4 Å². The topological polar surface area (TPSA) is 69.6 Å². The van der Waals surface area contributed by atoms with Gasteiger partial charge < -0.3 is 15.2 Å². The van der Waals surface area contributed by atoms with Crippen molar-refractivity contribution in [2.24, 2.45) is 11.8 Å². The molecular weight excluding hydrogens is 414 g/mol. The molecule has 0 aromatic heterocycles. The van der Waals surface area contributed by atoms with Crippen LogP contribution in [0.5, 0.6) is 0 Å². The molecule has 0 bridgehead atoms. The van der Waals surface area contributed by atoms with Gasteiger partial charge in [-0.05, 0) is 72.8 Å². The molecule has 174 valence electrons. The average Bonchev–Trinajstić information content (AvgIpc) is 3.07. The number of amides is 1. The second-order valence-electron chi connectivity index (χ2n) is 10.5. The molecule has 2 aromatic carbocycles. The van der Waals surface area contributed by atoms with E-state index in [1.165, 1.54) is 11.1 Å². The van der Waals surface area contributed by atoms with Crippen molar-refractivity contribution in [2.45, 2.75) is 70.1 Å². The van der Waals surface area contributed by atoms with Crippen molar-refractivity contribution in [3.8, 4) is 0 Å². The summed E-state index contributed by atoms with van der Waals surface area (Å²) >= 11 is 0. The van der Waals surface area contributed by atoms with Gasteiger partial charge in [0.2, 0.25) is 5.91 Å². The molecule has 4 nitrogen and oxygen atoms in total. The van der Waals surface area contributed by atoms with Crippen LogP contribution in [0.25, 0.3) is 0 Å². The quantitative estimate of drug-likeness (QED) is 0.443. The molecule has 3 atom stereocenters. The summed E-state index contributed by atoms with van der Waals surface area (Å²) in [4.78, 5) is 24.4. The fraction of sp³-hybridized carbons (Fsp3) is 0.519. The van der Waals surface area contributed by atoms with Crippen molar-refractivity contribution in [1.29, 1.82) is 0 Å². The molecule has 0 unspecified atom stereocenters. The Morgan fingerprint density at radius 2 is 1.78 bits per heavy atom. The number of rotatable bonds is 10. The first-order valence-corrected chi connectivity index (χ1v) is 14.8. The van der Waals surface area contributed by atoms with Gasteiger partial charge >= 0.3 is 0 Å². The second-order valence-corrected chi connectivity index (χ2v) is 15.0. The van der Waals surface area contributed by atoms with Gasteiger partial charge in [0.15, 0.2) is 8.32 Å². The summed E-state index contributed by atoms with van der Waals surface area (Å²) in [6.07, 6.45) is 3.76. The Balaban J connectivity index is 1.81. The Morgan fingerprint density at radius 1 is 1.12 bits per heavy atom. The fourth-order valence-electron chi connectivity index (χ4n) is 4.80. The van der Waals surface area contributed by atoms with E-state index < -0.39 is 8.32 Å². The lowest BCUT2D eigenvalue weighted by molar-refractivity contribution is -0.126. The molecule has 5 heteroatoms. The van der Waals surface area contributed by atoms with E-state index >= 15 is 0 Å². The third-order valence-electron chi connectivity index (χ3n) is 7.48. The SMILES string of the molecule is CC(C)(C[C@@H]1Cc2ccccc2[C@@H]1NC(=O)[C@@H](CCCO)Cc1ccccc1)[Si](C)(C)O. The molecule has 3 N–H and O–H groups in total. The van der Waals surface area contributed by atoms with Crippen LogP contribution in [0.3, 0.4) is 0 Å². The van der Waals surface area contributed by atoms with Crippen molar-refractivity contribution in [3.05, 3.63) is 71.3 Å². The molecule has 0 radical (unpaired) electrons. The van der Waals surface area contributed by atoms with E-state index in [9.17, 15) is 14.7 Å². The number of benzene rings is 2. The number of carbonyl (C=O) groups excluding carboxylic acids is 1. The highest BCUT2D eigenvalue weighted by molar-refractivity contribution is 6.72. The minimum atomic E-state index is -2.36. The first-order valence-electron chi connectivity index (χ1n) is 11.9. The minimum absolute atomic E-state index is 0.0401. The number of aliphatic hydroxyl groups is 1. The zero-order valence-electron chi connectivity index (χ0n) is 20.0. The van der Waals surface area contributed by atoms with E-state index in [0.29, 0.717) is 19.3 Å². The fourth-order valence-corrected chi connectivity index (χ4v) is 5.56. The highest BCUT2D eigenvalue weighted by atomic mass is 28.4. The molecule has 0 saturated heterocycles. The van der Waals surface area contributed by atoms with Gasteiger partial charge in [0.05, 0.1) is 6.04 Å². The average molecular weight is 454 g/mol. The van der Waals surface area contributed by atoms with E-state index in [1.54, 1.807) is 0 Å². The molecule has 2 aromatic rings. The zero-order valence-corrected chi connectivity index (χ0v) is 21.0. The van der Waals surface area contributed by atoms with Crippen molar-refractivity contribution >= 4 is 14.2 Å². The van der Waals surface area contributed by atoms with Crippen LogP contribution in [0.1, 0.15) is 55.8 Å². The molecule has 0 heterocycles. The number of carbonyl (C=O) groups is 1. The second kappa shape index (κ2) is 10.3. The van der Waals surface area contributed by atoms with Crippen LogP contribution in [0.2, 0.25) is 18.1 Å². The van der Waals surface area contributed by atoms with Crippen LogP contribution in [-0.4, -0.2) is 30.7 Å². The number of fused-ring (bicyclic) bond motifs is 1. The van der Waals surface area contributed by atoms with Crippen molar-refractivity contribution in [3.63, 3.8) is 0 Å². The van der Waals surface area contributed by atoms with Gasteiger partial charge in [0.1, 0.15) is 0 Å². The van der Waals surface area contributed by atoms with Crippen LogP contribution >= 0.6 is 0 Å². The van der Waals surface area contributed by atoms with Crippen molar-refractivity contribution in [1.82, 2.24) is 5.32 Å². The molecule has 3 rings (SSSR count). The smallest absolute Gasteiger partial charge is 0.223 e. The lowest BCUT2D eigenvalue weighted by Gasteiger charge is -2.38. The first kappa shape index (κ1) is 24.7. The predicted octanol–water partition coefficient (Wildman–Crippen LogP) is 5.02. The summed E-state index contributed by atoms with van der Waals surface area (Å²) in [6, 6.07) is 18.5. The summed E-state index contributed by atoms with van der Waals surface area (Å²) in [6.45, 7) is 8.44. The Labute approximate surface area is 194 Å². The molecule has 1 amide bonds. The molecule has 32 heavy (non-hydrogen) atoms. The summed E-state index contributed by atoms with van der Waals surface area (Å²) < 4.78 is 0. The normalized spacial score (nSPS) is 19.4. The van der Waals surface area contributed by atoms with Crippen molar-refractivity contribution < 1.29 is 14.7 Å². The van der Waals surface area contributed by atoms with E-state index in [2.05, 4.69) is 49.5 Å². The highest BCUT2D eigenvalue weighted by Crippen LogP contribution is 2.48. The molecule has 1 aliphatic carbocycles. The van der Waals surface area contributed by atoms with Gasteiger partial charge in [-0.3, -0.25) is 4.79 Å². The maximum atomic E-state index is 13.5. The maximum absolute atomic E-state index is 13.5. The number of hydrogen-bond donors (Lipinski definition) is 3. The predicted molar refractivity (Wildman–Crippen MR) is 133 cm³/mol. The molecule has 1 aliphatic rings. The van der Waals surface area contributed by atoms with Crippen LogP contribution in [0, 0.1) is 11.8 Å². The van der Waals surface area contributed by atoms with Gasteiger partial charge in [0.25, 0.3) is 0 Å². The Morgan fingerprint density at radius 3 is 2.44 bits per heavy atom. The molecule has 0 spiro atoms. The van der Waals surface area contributed by atoms with Crippen LogP contribution in [-0.2, 0) is 17.6 Å². The Kier molecular flexibility index (Phi) is 7.96. The van der Waals surface area contributed by atoms with E-state index in [0.717, 1.165) is 18.4 Å². The van der Waals surface area contributed by atoms with Gasteiger partial charge in [0, 0.05) is 12.5 Å². The first-order chi connectivity index (χ1) is 15.1.